The van der Waals surface area contributed by atoms with Gasteiger partial charge in [-0.25, -0.2) is 4.98 Å². The minimum atomic E-state index is -0.671. The highest BCUT2D eigenvalue weighted by Gasteiger charge is 2.35. The van der Waals surface area contributed by atoms with Gasteiger partial charge in [-0.15, -0.1) is 11.3 Å². The average Bonchev–Trinajstić information content (AvgIpc) is 3.32. The number of carbonyl (C=O) groups excluding carboxylic acids is 1. The number of hydrogen-bond acceptors (Lipinski definition) is 7. The zero-order chi connectivity index (χ0) is 21.2. The highest BCUT2D eigenvalue weighted by molar-refractivity contribution is 7.11. The first-order chi connectivity index (χ1) is 13.6. The van der Waals surface area contributed by atoms with Gasteiger partial charge in [-0.2, -0.15) is 0 Å². The Bertz CT molecular complexity index is 837. The summed E-state index contributed by atoms with van der Waals surface area (Å²) in [5.41, 5.74) is -0.242. The van der Waals surface area contributed by atoms with E-state index >= 15 is 0 Å². The first-order valence-electron chi connectivity index (χ1n) is 10.1. The largest absolute Gasteiger partial charge is 0.381 e. The van der Waals surface area contributed by atoms with Crippen molar-refractivity contribution in [2.75, 3.05) is 32.1 Å². The van der Waals surface area contributed by atoms with E-state index in [2.05, 4.69) is 34.2 Å². The summed E-state index contributed by atoms with van der Waals surface area (Å²) in [7, 11) is 2.00. The number of aryl methyl sites for hydroxylation is 1. The summed E-state index contributed by atoms with van der Waals surface area (Å²) in [4.78, 5) is 20.5. The molecule has 1 saturated heterocycles. The fraction of sp³-hybridized carbons (Fsp3) is 0.667. The van der Waals surface area contributed by atoms with Crippen molar-refractivity contribution in [3.05, 3.63) is 27.8 Å². The second kappa shape index (κ2) is 8.53. The van der Waals surface area contributed by atoms with Crippen LogP contribution >= 0.6 is 11.3 Å². The number of anilines is 1. The van der Waals surface area contributed by atoms with Crippen molar-refractivity contribution < 1.29 is 14.1 Å². The summed E-state index contributed by atoms with van der Waals surface area (Å²) in [5.74, 6) is 0.814. The van der Waals surface area contributed by atoms with Crippen LogP contribution in [0, 0.1) is 12.8 Å². The van der Waals surface area contributed by atoms with Crippen LogP contribution in [0.1, 0.15) is 56.1 Å². The van der Waals surface area contributed by atoms with Gasteiger partial charge in [0.1, 0.15) is 0 Å². The van der Waals surface area contributed by atoms with E-state index in [1.807, 2.05) is 40.1 Å². The maximum absolute atomic E-state index is 13.0. The Morgan fingerprint density at radius 3 is 2.62 bits per heavy atom. The maximum Gasteiger partial charge on any atom is 0.246 e. The van der Waals surface area contributed by atoms with Crippen molar-refractivity contribution in [3.63, 3.8) is 0 Å². The maximum atomic E-state index is 13.0. The van der Waals surface area contributed by atoms with Crippen molar-refractivity contribution in [2.45, 2.75) is 58.4 Å². The monoisotopic (exact) mass is 420 g/mol. The molecule has 160 valence electrons. The van der Waals surface area contributed by atoms with Crippen LogP contribution in [-0.4, -0.2) is 53.3 Å². The summed E-state index contributed by atoms with van der Waals surface area (Å²) >= 11 is 1.64. The molecule has 0 spiro atoms. The lowest BCUT2D eigenvalue weighted by Gasteiger charge is -2.37. The molecule has 0 aliphatic carbocycles. The quantitative estimate of drug-likeness (QED) is 0.733. The number of ether oxygens (including phenoxy) is 1. The molecule has 0 atom stereocenters. The summed E-state index contributed by atoms with van der Waals surface area (Å²) < 4.78 is 10.9. The molecule has 2 aromatic heterocycles. The van der Waals surface area contributed by atoms with Crippen molar-refractivity contribution in [2.24, 2.45) is 5.92 Å². The van der Waals surface area contributed by atoms with Crippen LogP contribution < -0.4 is 5.32 Å². The van der Waals surface area contributed by atoms with Crippen molar-refractivity contribution in [1.29, 1.82) is 0 Å². The molecule has 0 bridgehead atoms. The van der Waals surface area contributed by atoms with E-state index < -0.39 is 5.54 Å². The molecule has 1 fully saturated rings. The van der Waals surface area contributed by atoms with Gasteiger partial charge in [-0.1, -0.05) is 5.16 Å². The molecule has 1 aliphatic rings. The molecule has 0 unspecified atom stereocenters. The van der Waals surface area contributed by atoms with Crippen LogP contribution in [0.25, 0.3) is 0 Å². The molecular weight excluding hydrogens is 388 g/mol. The Balaban J connectivity index is 1.65. The average molecular weight is 421 g/mol. The number of nitrogens with zero attached hydrogens (tertiary/aromatic N) is 3. The van der Waals surface area contributed by atoms with Gasteiger partial charge in [0.25, 0.3) is 0 Å². The van der Waals surface area contributed by atoms with Crippen molar-refractivity contribution >= 4 is 23.1 Å². The summed E-state index contributed by atoms with van der Waals surface area (Å²) in [5, 5.41) is 8.12. The molecule has 1 N–H and O–H groups in total. The van der Waals surface area contributed by atoms with E-state index in [1.54, 1.807) is 11.3 Å². The normalized spacial score (nSPS) is 16.4. The highest BCUT2D eigenvalue weighted by Crippen LogP contribution is 2.35. The Morgan fingerprint density at radius 2 is 2.00 bits per heavy atom. The number of amides is 1. The summed E-state index contributed by atoms with van der Waals surface area (Å²) in [6.45, 7) is 12.5. The standard InChI is InChI=1S/C21H32N4O3S/c1-14-22-12-17(29-14)20(2,3)16-11-18(28-24-16)23-19(26)21(4,5)25(6)13-15-7-9-27-10-8-15/h11-12,15H,7-10,13H2,1-6H3,(H,23,26). The van der Waals surface area contributed by atoms with E-state index in [4.69, 9.17) is 9.26 Å². The molecule has 8 heteroatoms. The fourth-order valence-electron chi connectivity index (χ4n) is 3.39. The third-order valence-electron chi connectivity index (χ3n) is 6.01. The number of aromatic nitrogens is 2. The number of likely N-dealkylation sites (N-methyl/N-ethyl adjacent to an activating group) is 1. The lowest BCUT2D eigenvalue weighted by atomic mass is 9.88. The molecule has 0 radical (unpaired) electrons. The van der Waals surface area contributed by atoms with Crippen LogP contribution in [-0.2, 0) is 14.9 Å². The molecule has 7 nitrogen and oxygen atoms in total. The number of nitrogens with one attached hydrogen (secondary N) is 1. The fourth-order valence-corrected chi connectivity index (χ4v) is 4.28. The summed E-state index contributed by atoms with van der Waals surface area (Å²) in [6.07, 6.45) is 3.96. The summed E-state index contributed by atoms with van der Waals surface area (Å²) in [6, 6.07) is 1.81. The molecule has 0 saturated carbocycles. The Labute approximate surface area is 176 Å². The predicted molar refractivity (Wildman–Crippen MR) is 114 cm³/mol. The van der Waals surface area contributed by atoms with Crippen LogP contribution in [0.15, 0.2) is 16.8 Å². The van der Waals surface area contributed by atoms with Crippen LogP contribution in [0.5, 0.6) is 0 Å². The van der Waals surface area contributed by atoms with Gasteiger partial charge in [0.15, 0.2) is 0 Å². The first kappa shape index (κ1) is 21.9. The third kappa shape index (κ3) is 4.87. The molecule has 1 amide bonds. The van der Waals surface area contributed by atoms with Gasteiger partial charge < -0.3 is 9.26 Å². The van der Waals surface area contributed by atoms with Gasteiger partial charge >= 0.3 is 0 Å². The number of hydrogen-bond donors (Lipinski definition) is 1. The predicted octanol–water partition coefficient (Wildman–Crippen LogP) is 3.84. The highest BCUT2D eigenvalue weighted by atomic mass is 32.1. The van der Waals surface area contributed by atoms with Crippen molar-refractivity contribution in [1.82, 2.24) is 15.0 Å². The topological polar surface area (TPSA) is 80.5 Å². The Morgan fingerprint density at radius 1 is 1.31 bits per heavy atom. The third-order valence-corrected chi connectivity index (χ3v) is 7.24. The van der Waals surface area contributed by atoms with E-state index in [1.165, 1.54) is 0 Å². The second-order valence-corrected chi connectivity index (χ2v) is 10.1. The Kier molecular flexibility index (Phi) is 6.45. The molecule has 0 aromatic carbocycles. The van der Waals surface area contributed by atoms with Gasteiger partial charge in [-0.3, -0.25) is 15.0 Å². The minimum absolute atomic E-state index is 0.110. The molecule has 2 aromatic rings. The van der Waals surface area contributed by atoms with E-state index in [0.717, 1.165) is 48.2 Å². The molecule has 1 aliphatic heterocycles. The molecular formula is C21H32N4O3S. The van der Waals surface area contributed by atoms with Gasteiger partial charge in [0.2, 0.25) is 11.8 Å². The number of rotatable bonds is 7. The lowest BCUT2D eigenvalue weighted by Crippen LogP contribution is -2.52. The van der Waals surface area contributed by atoms with Crippen LogP contribution in [0.3, 0.4) is 0 Å². The minimum Gasteiger partial charge on any atom is -0.381 e. The number of carbonyl (C=O) groups is 1. The van der Waals surface area contributed by atoms with Gasteiger partial charge in [0, 0.05) is 42.3 Å². The number of thiazole rings is 1. The first-order valence-corrected chi connectivity index (χ1v) is 10.9. The molecule has 3 rings (SSSR count). The lowest BCUT2D eigenvalue weighted by molar-refractivity contribution is -0.126. The van der Waals surface area contributed by atoms with Gasteiger partial charge in [-0.05, 0) is 60.4 Å². The van der Waals surface area contributed by atoms with Gasteiger partial charge in [0.05, 0.1) is 16.2 Å². The second-order valence-electron chi connectivity index (χ2n) is 8.89. The zero-order valence-electron chi connectivity index (χ0n) is 18.2. The molecule has 29 heavy (non-hydrogen) atoms. The van der Waals surface area contributed by atoms with Crippen molar-refractivity contribution in [3.8, 4) is 0 Å². The van der Waals surface area contributed by atoms with E-state index in [9.17, 15) is 4.79 Å². The van der Waals surface area contributed by atoms with E-state index in [-0.39, 0.29) is 11.3 Å². The zero-order valence-corrected chi connectivity index (χ0v) is 19.1. The SMILES string of the molecule is Cc1ncc(C(C)(C)c2cc(NC(=O)C(C)(C)N(C)CC3CCOCC3)on2)s1. The van der Waals surface area contributed by atoms with Crippen LogP contribution in [0.4, 0.5) is 5.88 Å². The van der Waals surface area contributed by atoms with Crippen LogP contribution in [0.2, 0.25) is 0 Å². The Hall–Kier alpha value is -1.77. The van der Waals surface area contributed by atoms with E-state index in [0.29, 0.717) is 11.8 Å². The molecule has 3 heterocycles. The smallest absolute Gasteiger partial charge is 0.246 e.